The molecule has 1 aromatic rings. The van der Waals surface area contributed by atoms with Gasteiger partial charge in [-0.2, -0.15) is 0 Å². The lowest BCUT2D eigenvalue weighted by Gasteiger charge is -1.93. The molecule has 0 radical (unpaired) electrons. The van der Waals surface area contributed by atoms with Gasteiger partial charge in [-0.1, -0.05) is 49.6 Å². The minimum Gasteiger partial charge on any atom is -0.507 e. The van der Waals surface area contributed by atoms with E-state index in [-0.39, 0.29) is 5.75 Å². The number of hydrogen-bond donors (Lipinski definition) is 1. The van der Waals surface area contributed by atoms with Crippen molar-refractivity contribution in [3.8, 4) is 5.75 Å². The quantitative estimate of drug-likeness (QED) is 0.713. The molecule has 0 heterocycles. The molecule has 1 heteroatoms. The summed E-state index contributed by atoms with van der Waals surface area (Å²) in [5.41, 5.74) is 0. The van der Waals surface area contributed by atoms with Crippen LogP contribution in [0, 0.1) is 0 Å². The van der Waals surface area contributed by atoms with E-state index in [1.165, 1.54) is 0 Å². The van der Waals surface area contributed by atoms with Crippen LogP contribution in [-0.2, 0) is 0 Å². The fraction of sp³-hybridized carbons (Fsp3) is 0. The summed E-state index contributed by atoms with van der Waals surface area (Å²) in [6.45, 7) is 7.20. The summed E-state index contributed by atoms with van der Waals surface area (Å²) in [5.74, 6) is 0.260. The van der Waals surface area contributed by atoms with Crippen LogP contribution in [0.2, 0.25) is 0 Å². The monoisotopic (exact) mass is 172 g/mol. The topological polar surface area (TPSA) is 20.2 Å². The first-order chi connectivity index (χ1) is 6.29. The first-order valence-corrected chi connectivity index (χ1v) is 4.03. The Morgan fingerprint density at radius 1 is 1.08 bits per heavy atom. The van der Waals surface area contributed by atoms with Crippen molar-refractivity contribution in [1.29, 1.82) is 0 Å². The average Bonchev–Trinajstić information content (AvgIpc) is 2.11. The number of phenols is 1. The van der Waals surface area contributed by atoms with Gasteiger partial charge in [0.05, 0.1) is 0 Å². The smallest absolute Gasteiger partial charge is 0.123 e. The third kappa shape index (κ3) is 2.09. The first kappa shape index (κ1) is 9.33. The van der Waals surface area contributed by atoms with Gasteiger partial charge >= 0.3 is 0 Å². The second-order valence-corrected chi connectivity index (χ2v) is 2.58. The van der Waals surface area contributed by atoms with Crippen molar-refractivity contribution in [2.24, 2.45) is 0 Å². The van der Waals surface area contributed by atoms with E-state index in [1.807, 2.05) is 12.1 Å². The van der Waals surface area contributed by atoms with E-state index in [9.17, 15) is 5.11 Å². The molecule has 0 aliphatic heterocycles. The fourth-order valence-corrected chi connectivity index (χ4v) is 1.14. The minimum atomic E-state index is 0.260. The van der Waals surface area contributed by atoms with Crippen molar-refractivity contribution >= 4 is 12.2 Å². The van der Waals surface area contributed by atoms with Crippen molar-refractivity contribution in [2.45, 2.75) is 0 Å². The Morgan fingerprint density at radius 2 is 1.77 bits per heavy atom. The molecule has 0 saturated heterocycles. The van der Waals surface area contributed by atoms with Gasteiger partial charge in [0, 0.05) is 5.22 Å². The van der Waals surface area contributed by atoms with E-state index in [0.717, 1.165) is 10.4 Å². The lowest BCUT2D eigenvalue weighted by atomic mass is 10.2. The fourth-order valence-electron chi connectivity index (χ4n) is 1.14. The Hall–Kier alpha value is -1.76. The van der Waals surface area contributed by atoms with Gasteiger partial charge in [-0.25, -0.2) is 0 Å². The van der Waals surface area contributed by atoms with E-state index < -0.39 is 0 Å². The molecule has 0 fully saturated rings. The van der Waals surface area contributed by atoms with Gasteiger partial charge in [0.2, 0.25) is 0 Å². The molecule has 0 bridgehead atoms. The highest BCUT2D eigenvalue weighted by molar-refractivity contribution is 5.46. The molecule has 0 aromatic heterocycles. The zero-order valence-corrected chi connectivity index (χ0v) is 7.40. The van der Waals surface area contributed by atoms with Crippen LogP contribution < -0.4 is 10.4 Å². The number of hydrogen-bond acceptors (Lipinski definition) is 1. The molecule has 1 N–H and O–H groups in total. The summed E-state index contributed by atoms with van der Waals surface area (Å²) < 4.78 is 0. The molecule has 66 valence electrons. The second kappa shape index (κ2) is 4.31. The molecule has 1 aromatic carbocycles. The molecule has 13 heavy (non-hydrogen) atoms. The van der Waals surface area contributed by atoms with Crippen molar-refractivity contribution < 1.29 is 5.11 Å². The Balaban J connectivity index is 3.62. The second-order valence-electron chi connectivity index (χ2n) is 2.58. The molecule has 0 spiro atoms. The Morgan fingerprint density at radius 3 is 2.38 bits per heavy atom. The van der Waals surface area contributed by atoms with E-state index in [4.69, 9.17) is 0 Å². The zero-order chi connectivity index (χ0) is 9.68. The molecular formula is C12H12O. The molecule has 0 amide bonds. The zero-order valence-electron chi connectivity index (χ0n) is 7.40. The van der Waals surface area contributed by atoms with Gasteiger partial charge in [0.25, 0.3) is 0 Å². The van der Waals surface area contributed by atoms with Crippen LogP contribution in [0.4, 0.5) is 0 Å². The van der Waals surface area contributed by atoms with Crippen LogP contribution in [0.15, 0.2) is 43.5 Å². The average molecular weight is 172 g/mol. The summed E-state index contributed by atoms with van der Waals surface area (Å²) in [6, 6.07) is 5.36. The number of aromatic hydroxyl groups is 1. The Kier molecular flexibility index (Phi) is 3.09. The predicted molar refractivity (Wildman–Crippen MR) is 56.7 cm³/mol. The first-order valence-electron chi connectivity index (χ1n) is 4.03. The van der Waals surface area contributed by atoms with Crippen LogP contribution >= 0.6 is 0 Å². The molecule has 0 aliphatic rings. The number of phenolic OH excluding ortho intramolecular Hbond substituents is 1. The Bertz CT molecular complexity index is 427. The number of allylic oxidation sites excluding steroid dienone is 2. The molecule has 1 rings (SSSR count). The van der Waals surface area contributed by atoms with Crippen LogP contribution in [0.5, 0.6) is 5.75 Å². The SMILES string of the molecule is C=CC=c1cccc(O)c1=CC=C. The van der Waals surface area contributed by atoms with Crippen LogP contribution in [-0.4, -0.2) is 5.11 Å². The maximum absolute atomic E-state index is 9.52. The minimum absolute atomic E-state index is 0.260. The lowest BCUT2D eigenvalue weighted by Crippen LogP contribution is -2.23. The molecule has 1 nitrogen and oxygen atoms in total. The molecule has 0 saturated carbocycles. The number of rotatable bonds is 2. The summed E-state index contributed by atoms with van der Waals surface area (Å²) in [6.07, 6.45) is 6.95. The summed E-state index contributed by atoms with van der Waals surface area (Å²) in [7, 11) is 0. The number of benzene rings is 1. The van der Waals surface area contributed by atoms with E-state index in [2.05, 4.69) is 13.2 Å². The highest BCUT2D eigenvalue weighted by Crippen LogP contribution is 1.94. The van der Waals surface area contributed by atoms with E-state index in [0.29, 0.717) is 0 Å². The van der Waals surface area contributed by atoms with Gasteiger partial charge in [-0.05, 0) is 11.3 Å². The third-order valence-electron chi connectivity index (χ3n) is 1.70. The standard InChI is InChI=1S/C12H12O/c1-3-6-10-8-5-9-12(13)11(10)7-4-2/h3-9,13H,1-2H2. The molecule has 0 unspecified atom stereocenters. The van der Waals surface area contributed by atoms with Crippen LogP contribution in [0.1, 0.15) is 0 Å². The van der Waals surface area contributed by atoms with Crippen molar-refractivity contribution in [3.63, 3.8) is 0 Å². The summed E-state index contributed by atoms with van der Waals surface area (Å²) in [5, 5.41) is 11.2. The van der Waals surface area contributed by atoms with E-state index in [1.54, 1.807) is 30.4 Å². The largest absolute Gasteiger partial charge is 0.507 e. The van der Waals surface area contributed by atoms with Crippen molar-refractivity contribution in [3.05, 3.63) is 53.9 Å². The Labute approximate surface area is 77.7 Å². The predicted octanol–water partition coefficient (Wildman–Crippen LogP) is 1.33. The van der Waals surface area contributed by atoms with Crippen molar-refractivity contribution in [2.75, 3.05) is 0 Å². The van der Waals surface area contributed by atoms with Crippen molar-refractivity contribution in [1.82, 2.24) is 0 Å². The highest BCUT2D eigenvalue weighted by Gasteiger charge is 1.89. The van der Waals surface area contributed by atoms with Gasteiger partial charge in [0.1, 0.15) is 5.75 Å². The molecule has 0 aliphatic carbocycles. The summed E-state index contributed by atoms with van der Waals surface area (Å²) in [4.78, 5) is 0. The van der Waals surface area contributed by atoms with Crippen LogP contribution in [0.3, 0.4) is 0 Å². The lowest BCUT2D eigenvalue weighted by molar-refractivity contribution is 0.470. The molecule has 0 atom stereocenters. The van der Waals surface area contributed by atoms with Gasteiger partial charge in [0.15, 0.2) is 0 Å². The maximum atomic E-state index is 9.52. The van der Waals surface area contributed by atoms with Gasteiger partial charge < -0.3 is 5.11 Å². The molecular weight excluding hydrogens is 160 g/mol. The normalized spacial score (nSPS) is 12.9. The van der Waals surface area contributed by atoms with Gasteiger partial charge in [-0.3, -0.25) is 0 Å². The third-order valence-corrected chi connectivity index (χ3v) is 1.70. The van der Waals surface area contributed by atoms with Gasteiger partial charge in [-0.15, -0.1) is 0 Å². The van der Waals surface area contributed by atoms with E-state index >= 15 is 0 Å². The highest BCUT2D eigenvalue weighted by atomic mass is 16.3. The maximum Gasteiger partial charge on any atom is 0.123 e. The summed E-state index contributed by atoms with van der Waals surface area (Å²) >= 11 is 0. The van der Waals surface area contributed by atoms with Crippen LogP contribution in [0.25, 0.3) is 12.2 Å².